The van der Waals surface area contributed by atoms with E-state index in [9.17, 15) is 14.4 Å². The number of hydrogen-bond donors (Lipinski definition) is 4. The molecule has 1 aromatic heterocycles. The minimum absolute atomic E-state index is 0.0232. The van der Waals surface area contributed by atoms with Gasteiger partial charge in [0.1, 0.15) is 18.2 Å². The molecule has 5 N–H and O–H groups in total. The molecule has 0 aliphatic heterocycles. The molecular weight excluding hydrogens is 540 g/mol. The number of aromatic amines is 1. The van der Waals surface area contributed by atoms with Crippen LogP contribution in [0.25, 0.3) is 22.0 Å². The molecule has 0 fully saturated rings. The van der Waals surface area contributed by atoms with Gasteiger partial charge in [-0.05, 0) is 40.8 Å². The van der Waals surface area contributed by atoms with E-state index in [1.165, 1.54) is 0 Å². The number of fused-ring (bicyclic) bond motifs is 1. The average Bonchev–Trinajstić information content (AvgIpc) is 3.43. The molecule has 218 valence electrons. The van der Waals surface area contributed by atoms with Gasteiger partial charge in [0.2, 0.25) is 11.8 Å². The van der Waals surface area contributed by atoms with Gasteiger partial charge in [0.15, 0.2) is 0 Å². The first-order chi connectivity index (χ1) is 20.8. The van der Waals surface area contributed by atoms with Crippen molar-refractivity contribution in [2.24, 2.45) is 5.73 Å². The third kappa shape index (κ3) is 7.29. The molecule has 0 saturated heterocycles. The van der Waals surface area contributed by atoms with E-state index in [2.05, 4.69) is 15.6 Å². The van der Waals surface area contributed by atoms with Crippen LogP contribution in [-0.2, 0) is 33.8 Å². The van der Waals surface area contributed by atoms with Crippen molar-refractivity contribution in [1.29, 1.82) is 0 Å². The summed E-state index contributed by atoms with van der Waals surface area (Å²) in [4.78, 5) is 42.4. The number of nitrogens with one attached hydrogen (secondary N) is 3. The molecule has 43 heavy (non-hydrogen) atoms. The quantitative estimate of drug-likeness (QED) is 0.171. The summed E-state index contributed by atoms with van der Waals surface area (Å²) in [5, 5.41) is 6.45. The molecule has 5 aromatic rings. The molecule has 5 rings (SSSR count). The van der Waals surface area contributed by atoms with Crippen LogP contribution in [0.1, 0.15) is 23.6 Å². The van der Waals surface area contributed by atoms with Crippen molar-refractivity contribution in [1.82, 2.24) is 15.6 Å². The summed E-state index contributed by atoms with van der Waals surface area (Å²) >= 11 is 0. The Hall–Kier alpha value is -5.37. The maximum Gasteiger partial charge on any atom is 0.408 e. The van der Waals surface area contributed by atoms with E-state index in [0.717, 1.165) is 38.7 Å². The third-order valence-corrected chi connectivity index (χ3v) is 7.48. The van der Waals surface area contributed by atoms with Crippen LogP contribution in [0.2, 0.25) is 0 Å². The number of benzene rings is 4. The van der Waals surface area contributed by atoms with Crippen molar-refractivity contribution in [3.8, 4) is 11.1 Å². The Morgan fingerprint density at radius 3 is 2.14 bits per heavy atom. The number of rotatable bonds is 11. The first kappa shape index (κ1) is 29.1. The van der Waals surface area contributed by atoms with Gasteiger partial charge in [0.05, 0.1) is 0 Å². The van der Waals surface area contributed by atoms with Crippen LogP contribution in [0.3, 0.4) is 0 Å². The Bertz CT molecular complexity index is 1700. The van der Waals surface area contributed by atoms with Crippen LogP contribution < -0.4 is 16.4 Å². The molecule has 3 amide bonds. The van der Waals surface area contributed by atoms with Crippen molar-refractivity contribution >= 4 is 28.8 Å². The molecule has 0 spiro atoms. The molecule has 8 nitrogen and oxygen atoms in total. The van der Waals surface area contributed by atoms with Gasteiger partial charge in [-0.2, -0.15) is 0 Å². The van der Waals surface area contributed by atoms with Crippen molar-refractivity contribution in [3.63, 3.8) is 0 Å². The SMILES string of the molecule is C[C@](Cc1ccccc1)(NC(=O)[C@H](Cc1c[nH]c2ccccc12)NC(=O)OCc1ccc(-c2ccccc2)cc1)C(N)=O. The van der Waals surface area contributed by atoms with Gasteiger partial charge in [-0.3, -0.25) is 9.59 Å². The third-order valence-electron chi connectivity index (χ3n) is 7.48. The van der Waals surface area contributed by atoms with Gasteiger partial charge in [-0.15, -0.1) is 0 Å². The zero-order valence-electron chi connectivity index (χ0n) is 23.9. The molecule has 0 bridgehead atoms. The fourth-order valence-electron chi connectivity index (χ4n) is 5.04. The minimum Gasteiger partial charge on any atom is -0.445 e. The fourth-order valence-corrected chi connectivity index (χ4v) is 5.04. The summed E-state index contributed by atoms with van der Waals surface area (Å²) in [6.07, 6.45) is 1.41. The van der Waals surface area contributed by atoms with Gasteiger partial charge in [0.25, 0.3) is 0 Å². The molecule has 0 saturated carbocycles. The second kappa shape index (κ2) is 13.1. The van der Waals surface area contributed by atoms with Crippen LogP contribution in [0.15, 0.2) is 115 Å². The monoisotopic (exact) mass is 574 g/mol. The number of primary amides is 1. The number of carbonyl (C=O) groups is 3. The summed E-state index contributed by atoms with van der Waals surface area (Å²) in [5.41, 5.74) is 9.90. The van der Waals surface area contributed by atoms with E-state index >= 15 is 0 Å². The Morgan fingerprint density at radius 1 is 0.814 bits per heavy atom. The minimum atomic E-state index is -1.39. The zero-order valence-corrected chi connectivity index (χ0v) is 23.9. The van der Waals surface area contributed by atoms with Crippen molar-refractivity contribution in [3.05, 3.63) is 132 Å². The van der Waals surface area contributed by atoms with E-state index in [0.29, 0.717) is 0 Å². The summed E-state index contributed by atoms with van der Waals surface area (Å²) < 4.78 is 5.50. The van der Waals surface area contributed by atoms with E-state index < -0.39 is 29.5 Å². The van der Waals surface area contributed by atoms with Crippen molar-refractivity contribution in [2.75, 3.05) is 0 Å². The van der Waals surface area contributed by atoms with Gasteiger partial charge in [-0.1, -0.05) is 103 Å². The number of nitrogens with two attached hydrogens (primary N) is 1. The van der Waals surface area contributed by atoms with Crippen molar-refractivity contribution < 1.29 is 19.1 Å². The lowest BCUT2D eigenvalue weighted by Crippen LogP contribution is -2.61. The van der Waals surface area contributed by atoms with Gasteiger partial charge in [-0.25, -0.2) is 4.79 Å². The number of H-pyrrole nitrogens is 1. The topological polar surface area (TPSA) is 126 Å². The predicted molar refractivity (Wildman–Crippen MR) is 167 cm³/mol. The van der Waals surface area contributed by atoms with Crippen LogP contribution in [0.4, 0.5) is 4.79 Å². The van der Waals surface area contributed by atoms with Crippen LogP contribution in [0.5, 0.6) is 0 Å². The van der Waals surface area contributed by atoms with E-state index in [1.807, 2.05) is 115 Å². The Morgan fingerprint density at radius 2 is 1.44 bits per heavy atom. The molecule has 2 atom stereocenters. The molecule has 0 radical (unpaired) electrons. The highest BCUT2D eigenvalue weighted by Gasteiger charge is 2.36. The number of alkyl carbamates (subject to hydrolysis) is 1. The second-order valence-electron chi connectivity index (χ2n) is 10.7. The smallest absolute Gasteiger partial charge is 0.408 e. The number of para-hydroxylation sites is 1. The van der Waals surface area contributed by atoms with E-state index in [1.54, 1.807) is 6.92 Å². The van der Waals surface area contributed by atoms with E-state index in [4.69, 9.17) is 10.5 Å². The Kier molecular flexibility index (Phi) is 8.86. The van der Waals surface area contributed by atoms with Crippen LogP contribution in [-0.4, -0.2) is 34.5 Å². The molecular formula is C35H34N4O4. The summed E-state index contributed by atoms with van der Waals surface area (Å²) in [6, 6.07) is 33.7. The van der Waals surface area contributed by atoms with Gasteiger partial charge < -0.3 is 26.1 Å². The standard InChI is InChI=1S/C35H34N4O4/c1-35(33(36)41,21-24-10-4-2-5-11-24)39-32(40)31(20-28-22-37-30-15-9-8-14-29(28)30)38-34(42)43-23-25-16-18-27(19-17-25)26-12-6-3-7-13-26/h2-19,22,31,37H,20-21,23H2,1H3,(H2,36,41)(H,38,42)(H,39,40)/t31-,35+/m0/s1. The number of hydrogen-bond acceptors (Lipinski definition) is 4. The highest BCUT2D eigenvalue weighted by atomic mass is 16.5. The number of carbonyl (C=O) groups excluding carboxylic acids is 3. The van der Waals surface area contributed by atoms with Crippen molar-refractivity contribution in [2.45, 2.75) is 38.0 Å². The number of ether oxygens (including phenoxy) is 1. The summed E-state index contributed by atoms with van der Waals surface area (Å²) in [7, 11) is 0. The molecule has 1 heterocycles. The largest absolute Gasteiger partial charge is 0.445 e. The molecule has 8 heteroatoms. The Balaban J connectivity index is 1.30. The fraction of sp³-hybridized carbons (Fsp3) is 0.171. The highest BCUT2D eigenvalue weighted by Crippen LogP contribution is 2.21. The maximum atomic E-state index is 13.7. The molecule has 4 aromatic carbocycles. The maximum absolute atomic E-state index is 13.7. The predicted octanol–water partition coefficient (Wildman–Crippen LogP) is 5.28. The zero-order chi connectivity index (χ0) is 30.2. The van der Waals surface area contributed by atoms with E-state index in [-0.39, 0.29) is 19.4 Å². The lowest BCUT2D eigenvalue weighted by Gasteiger charge is -2.30. The number of aromatic nitrogens is 1. The van der Waals surface area contributed by atoms with Crippen LogP contribution >= 0.6 is 0 Å². The summed E-state index contributed by atoms with van der Waals surface area (Å²) in [5.74, 6) is -1.23. The highest BCUT2D eigenvalue weighted by molar-refractivity contribution is 5.94. The first-order valence-electron chi connectivity index (χ1n) is 14.1. The van der Waals surface area contributed by atoms with Gasteiger partial charge >= 0.3 is 6.09 Å². The number of amides is 3. The molecule has 0 aliphatic carbocycles. The summed E-state index contributed by atoms with van der Waals surface area (Å²) in [6.45, 7) is 1.61. The second-order valence-corrected chi connectivity index (χ2v) is 10.7. The normalized spacial score (nSPS) is 13.0. The van der Waals surface area contributed by atoms with Crippen LogP contribution in [0, 0.1) is 0 Å². The Labute approximate surface area is 250 Å². The lowest BCUT2D eigenvalue weighted by molar-refractivity contribution is -0.132. The lowest BCUT2D eigenvalue weighted by atomic mass is 9.91. The molecule has 0 aliphatic rings. The molecule has 0 unspecified atom stereocenters. The average molecular weight is 575 g/mol. The van der Waals surface area contributed by atoms with Gasteiger partial charge in [0, 0.05) is 29.9 Å². The first-order valence-corrected chi connectivity index (χ1v) is 14.1.